The fraction of sp³-hybridized carbons (Fsp3) is 0.650. The van der Waals surface area contributed by atoms with Crippen molar-refractivity contribution in [3.63, 3.8) is 0 Å². The lowest BCUT2D eigenvalue weighted by molar-refractivity contribution is -0.158. The summed E-state index contributed by atoms with van der Waals surface area (Å²) in [6, 6.07) is 5.99. The molecule has 2 aromatic heterocycles. The van der Waals surface area contributed by atoms with Crippen molar-refractivity contribution in [1.29, 1.82) is 0 Å². The van der Waals surface area contributed by atoms with E-state index in [0.717, 1.165) is 44.2 Å². The zero-order chi connectivity index (χ0) is 18.5. The SMILES string of the molecule is CC(Cc1ccccn1)NC(=O)C12CC3CC(C1)CC(n1ncnn1)(C3)C2. The first kappa shape index (κ1) is 16.8. The average molecular weight is 366 g/mol. The average Bonchev–Trinajstić information content (AvgIpc) is 3.17. The third kappa shape index (κ3) is 2.84. The Balaban J connectivity index is 1.35. The van der Waals surface area contributed by atoms with Crippen molar-refractivity contribution < 1.29 is 4.79 Å². The van der Waals surface area contributed by atoms with Gasteiger partial charge in [0.05, 0.1) is 11.0 Å². The number of carbonyl (C=O) groups excluding carboxylic acids is 1. The highest BCUT2D eigenvalue weighted by atomic mass is 16.2. The van der Waals surface area contributed by atoms with E-state index < -0.39 is 0 Å². The van der Waals surface area contributed by atoms with Crippen LogP contribution in [-0.2, 0) is 16.8 Å². The number of amides is 1. The van der Waals surface area contributed by atoms with Crippen LogP contribution < -0.4 is 5.32 Å². The van der Waals surface area contributed by atoms with E-state index in [1.165, 1.54) is 12.7 Å². The van der Waals surface area contributed by atoms with E-state index in [9.17, 15) is 4.79 Å². The van der Waals surface area contributed by atoms with Crippen molar-refractivity contribution in [3.05, 3.63) is 36.4 Å². The quantitative estimate of drug-likeness (QED) is 0.876. The molecule has 4 fully saturated rings. The highest BCUT2D eigenvalue weighted by Crippen LogP contribution is 2.63. The van der Waals surface area contributed by atoms with Gasteiger partial charge in [-0.3, -0.25) is 9.78 Å². The van der Waals surface area contributed by atoms with E-state index >= 15 is 0 Å². The minimum Gasteiger partial charge on any atom is -0.353 e. The van der Waals surface area contributed by atoms with E-state index in [1.54, 1.807) is 6.20 Å². The molecule has 3 atom stereocenters. The van der Waals surface area contributed by atoms with E-state index in [0.29, 0.717) is 11.8 Å². The molecular weight excluding hydrogens is 340 g/mol. The molecule has 7 nitrogen and oxygen atoms in total. The molecule has 4 aliphatic rings. The van der Waals surface area contributed by atoms with E-state index in [1.807, 2.05) is 23.0 Å². The third-order valence-electron chi connectivity index (χ3n) is 6.90. The van der Waals surface area contributed by atoms with Crippen molar-refractivity contribution in [2.24, 2.45) is 17.3 Å². The molecule has 1 N–H and O–H groups in total. The van der Waals surface area contributed by atoms with Gasteiger partial charge in [-0.25, -0.2) is 0 Å². The summed E-state index contributed by atoms with van der Waals surface area (Å²) in [4.78, 5) is 19.6. The molecule has 6 rings (SSSR count). The monoisotopic (exact) mass is 366 g/mol. The lowest BCUT2D eigenvalue weighted by Crippen LogP contribution is -2.62. The van der Waals surface area contributed by atoms with Crippen LogP contribution >= 0.6 is 0 Å². The molecule has 2 heterocycles. The smallest absolute Gasteiger partial charge is 0.226 e. The molecule has 27 heavy (non-hydrogen) atoms. The second-order valence-corrected chi connectivity index (χ2v) is 9.09. The molecule has 2 aromatic rings. The van der Waals surface area contributed by atoms with Gasteiger partial charge in [0, 0.05) is 24.4 Å². The Morgan fingerprint density at radius 1 is 1.30 bits per heavy atom. The number of hydrogen-bond donors (Lipinski definition) is 1. The van der Waals surface area contributed by atoms with Gasteiger partial charge in [0.15, 0.2) is 6.33 Å². The maximum absolute atomic E-state index is 13.4. The van der Waals surface area contributed by atoms with E-state index in [-0.39, 0.29) is 22.9 Å². The lowest BCUT2D eigenvalue weighted by Gasteiger charge is -2.60. The lowest BCUT2D eigenvalue weighted by atomic mass is 9.46. The maximum atomic E-state index is 13.4. The zero-order valence-corrected chi connectivity index (χ0v) is 15.7. The number of aromatic nitrogens is 5. The molecule has 3 unspecified atom stereocenters. The molecular formula is C20H26N6O. The Hall–Kier alpha value is -2.31. The van der Waals surface area contributed by atoms with E-state index in [2.05, 4.69) is 32.6 Å². The van der Waals surface area contributed by atoms with Crippen molar-refractivity contribution in [1.82, 2.24) is 30.5 Å². The summed E-state index contributed by atoms with van der Waals surface area (Å²) in [5.74, 6) is 1.40. The van der Waals surface area contributed by atoms with Crippen LogP contribution in [0.25, 0.3) is 0 Å². The maximum Gasteiger partial charge on any atom is 0.226 e. The van der Waals surface area contributed by atoms with Gasteiger partial charge in [-0.2, -0.15) is 4.80 Å². The fourth-order valence-electron chi connectivity index (χ4n) is 6.36. The summed E-state index contributed by atoms with van der Waals surface area (Å²) in [6.45, 7) is 2.07. The second-order valence-electron chi connectivity index (χ2n) is 9.09. The Morgan fingerprint density at radius 2 is 2.11 bits per heavy atom. The first-order valence-electron chi connectivity index (χ1n) is 10.0. The Morgan fingerprint density at radius 3 is 2.78 bits per heavy atom. The van der Waals surface area contributed by atoms with Gasteiger partial charge >= 0.3 is 0 Å². The molecule has 0 radical (unpaired) electrons. The van der Waals surface area contributed by atoms with Crippen LogP contribution in [-0.4, -0.2) is 37.1 Å². The zero-order valence-electron chi connectivity index (χ0n) is 15.7. The Labute approximate surface area is 158 Å². The Kier molecular flexibility index (Phi) is 3.81. The van der Waals surface area contributed by atoms with Crippen LogP contribution in [0.15, 0.2) is 30.7 Å². The van der Waals surface area contributed by atoms with Crippen LogP contribution in [0.5, 0.6) is 0 Å². The standard InChI is InChI=1S/C20H26N6O/c1-14(6-17-4-2-3-5-21-17)24-18(27)19-8-15-7-16(9-19)11-20(10-15,12-19)26-23-13-22-25-26/h2-5,13-16H,6-12H2,1H3,(H,24,27). The number of rotatable bonds is 5. The summed E-state index contributed by atoms with van der Waals surface area (Å²) in [5.41, 5.74) is 0.609. The van der Waals surface area contributed by atoms with Crippen LogP contribution in [0, 0.1) is 17.3 Å². The molecule has 4 saturated carbocycles. The number of nitrogens with zero attached hydrogens (tertiary/aromatic N) is 5. The largest absolute Gasteiger partial charge is 0.353 e. The highest BCUT2D eigenvalue weighted by molar-refractivity contribution is 5.83. The fourth-order valence-corrected chi connectivity index (χ4v) is 6.36. The molecule has 142 valence electrons. The van der Waals surface area contributed by atoms with Crippen LogP contribution in [0.4, 0.5) is 0 Å². The highest BCUT2D eigenvalue weighted by Gasteiger charge is 2.62. The van der Waals surface area contributed by atoms with Crippen LogP contribution in [0.3, 0.4) is 0 Å². The Bertz CT molecular complexity index is 806. The molecule has 0 spiro atoms. The first-order chi connectivity index (χ1) is 13.1. The predicted molar refractivity (Wildman–Crippen MR) is 98.5 cm³/mol. The summed E-state index contributed by atoms with van der Waals surface area (Å²) in [7, 11) is 0. The normalized spacial score (nSPS) is 35.1. The van der Waals surface area contributed by atoms with Gasteiger partial charge in [-0.05, 0) is 74.6 Å². The van der Waals surface area contributed by atoms with Gasteiger partial charge in [0.1, 0.15) is 0 Å². The number of carbonyl (C=O) groups is 1. The van der Waals surface area contributed by atoms with Crippen molar-refractivity contribution >= 4 is 5.91 Å². The summed E-state index contributed by atoms with van der Waals surface area (Å²) in [6.07, 6.45) is 10.3. The van der Waals surface area contributed by atoms with Gasteiger partial charge in [-0.15, -0.1) is 10.2 Å². The molecule has 4 aliphatic carbocycles. The second kappa shape index (κ2) is 6.11. The summed E-state index contributed by atoms with van der Waals surface area (Å²) in [5, 5.41) is 15.8. The minimum atomic E-state index is -0.282. The first-order valence-corrected chi connectivity index (χ1v) is 10.0. The van der Waals surface area contributed by atoms with Gasteiger partial charge in [-0.1, -0.05) is 6.07 Å². The number of hydrogen-bond acceptors (Lipinski definition) is 5. The molecule has 0 aliphatic heterocycles. The molecule has 7 heteroatoms. The number of pyridine rings is 1. The minimum absolute atomic E-state index is 0.0702. The predicted octanol–water partition coefficient (Wildman–Crippen LogP) is 2.11. The van der Waals surface area contributed by atoms with Gasteiger partial charge < -0.3 is 5.32 Å². The molecule has 4 bridgehead atoms. The number of tetrazole rings is 1. The molecule has 1 amide bonds. The van der Waals surface area contributed by atoms with Gasteiger partial charge in [0.2, 0.25) is 5.91 Å². The molecule has 0 aromatic carbocycles. The molecule has 0 saturated heterocycles. The van der Waals surface area contributed by atoms with Crippen LogP contribution in [0.2, 0.25) is 0 Å². The van der Waals surface area contributed by atoms with Crippen LogP contribution in [0.1, 0.15) is 51.1 Å². The van der Waals surface area contributed by atoms with Crippen molar-refractivity contribution in [3.8, 4) is 0 Å². The van der Waals surface area contributed by atoms with Crippen molar-refractivity contribution in [2.75, 3.05) is 0 Å². The summed E-state index contributed by atoms with van der Waals surface area (Å²) < 4.78 is 0. The van der Waals surface area contributed by atoms with Crippen molar-refractivity contribution in [2.45, 2.75) is 63.5 Å². The summed E-state index contributed by atoms with van der Waals surface area (Å²) >= 11 is 0. The third-order valence-corrected chi connectivity index (χ3v) is 6.90. The topological polar surface area (TPSA) is 85.6 Å². The number of nitrogens with one attached hydrogen (secondary N) is 1. The van der Waals surface area contributed by atoms with Gasteiger partial charge in [0.25, 0.3) is 0 Å². The van der Waals surface area contributed by atoms with E-state index in [4.69, 9.17) is 0 Å².